The van der Waals surface area contributed by atoms with Gasteiger partial charge in [-0.1, -0.05) is 13.3 Å². The van der Waals surface area contributed by atoms with E-state index in [9.17, 15) is 4.79 Å². The minimum absolute atomic E-state index is 0.146. The number of rotatable bonds is 5. The SMILES string of the molecule is CCCCN(CC)C(=O)c1sccc1Br. The summed E-state index contributed by atoms with van der Waals surface area (Å²) in [6, 6.07) is 1.92. The zero-order valence-corrected chi connectivity index (χ0v) is 11.5. The van der Waals surface area contributed by atoms with Crippen LogP contribution in [0.3, 0.4) is 0 Å². The molecule has 4 heteroatoms. The summed E-state index contributed by atoms with van der Waals surface area (Å²) in [5.41, 5.74) is 0. The molecule has 0 saturated heterocycles. The summed E-state index contributed by atoms with van der Waals surface area (Å²) in [7, 11) is 0. The van der Waals surface area contributed by atoms with Gasteiger partial charge in [0.2, 0.25) is 0 Å². The topological polar surface area (TPSA) is 20.3 Å². The second-order valence-corrected chi connectivity index (χ2v) is 5.11. The van der Waals surface area contributed by atoms with Crippen LogP contribution >= 0.6 is 27.3 Å². The Morgan fingerprint density at radius 3 is 2.73 bits per heavy atom. The monoisotopic (exact) mass is 289 g/mol. The number of unbranched alkanes of at least 4 members (excludes halogenated alkanes) is 1. The molecule has 0 atom stereocenters. The minimum atomic E-state index is 0.146. The summed E-state index contributed by atoms with van der Waals surface area (Å²) in [5.74, 6) is 0.146. The van der Waals surface area contributed by atoms with Crippen LogP contribution < -0.4 is 0 Å². The molecule has 1 amide bonds. The standard InChI is InChI=1S/C11H16BrNOS/c1-3-5-7-13(4-2)11(14)10-9(12)6-8-15-10/h6,8H,3-5,7H2,1-2H3. The van der Waals surface area contributed by atoms with Gasteiger partial charge in [0.1, 0.15) is 4.88 Å². The third-order valence-electron chi connectivity index (χ3n) is 2.26. The van der Waals surface area contributed by atoms with Crippen LogP contribution in [0, 0.1) is 0 Å². The van der Waals surface area contributed by atoms with Crippen molar-refractivity contribution in [2.24, 2.45) is 0 Å². The fraction of sp³-hybridized carbons (Fsp3) is 0.545. The van der Waals surface area contributed by atoms with Crippen molar-refractivity contribution < 1.29 is 4.79 Å². The van der Waals surface area contributed by atoms with E-state index in [2.05, 4.69) is 22.9 Å². The van der Waals surface area contributed by atoms with Crippen LogP contribution in [0.25, 0.3) is 0 Å². The molecule has 15 heavy (non-hydrogen) atoms. The molecule has 0 unspecified atom stereocenters. The van der Waals surface area contributed by atoms with Crippen LogP contribution in [0.5, 0.6) is 0 Å². The predicted molar refractivity (Wildman–Crippen MR) is 68.5 cm³/mol. The lowest BCUT2D eigenvalue weighted by Gasteiger charge is -2.19. The Hall–Kier alpha value is -0.350. The van der Waals surface area contributed by atoms with Crippen molar-refractivity contribution in [1.82, 2.24) is 4.90 Å². The third-order valence-corrected chi connectivity index (χ3v) is 4.09. The number of amides is 1. The van der Waals surface area contributed by atoms with E-state index in [1.807, 2.05) is 23.3 Å². The van der Waals surface area contributed by atoms with Gasteiger partial charge in [0.25, 0.3) is 5.91 Å². The zero-order chi connectivity index (χ0) is 11.3. The molecule has 1 heterocycles. The van der Waals surface area contributed by atoms with Gasteiger partial charge in [-0.15, -0.1) is 11.3 Å². The summed E-state index contributed by atoms with van der Waals surface area (Å²) in [4.78, 5) is 14.8. The van der Waals surface area contributed by atoms with Crippen LogP contribution in [0.2, 0.25) is 0 Å². The number of hydrogen-bond donors (Lipinski definition) is 0. The van der Waals surface area contributed by atoms with Crippen LogP contribution in [0.4, 0.5) is 0 Å². The van der Waals surface area contributed by atoms with E-state index in [4.69, 9.17) is 0 Å². The highest BCUT2D eigenvalue weighted by Gasteiger charge is 2.17. The van der Waals surface area contributed by atoms with Gasteiger partial charge < -0.3 is 4.90 Å². The predicted octanol–water partition coefficient (Wildman–Crippen LogP) is 3.77. The Kier molecular flexibility index (Phi) is 5.32. The largest absolute Gasteiger partial charge is 0.338 e. The van der Waals surface area contributed by atoms with Gasteiger partial charge in [0.15, 0.2) is 0 Å². The second-order valence-electron chi connectivity index (χ2n) is 3.34. The van der Waals surface area contributed by atoms with E-state index in [0.717, 1.165) is 35.3 Å². The lowest BCUT2D eigenvalue weighted by molar-refractivity contribution is 0.0766. The van der Waals surface area contributed by atoms with E-state index < -0.39 is 0 Å². The molecule has 0 radical (unpaired) electrons. The molecule has 0 aliphatic rings. The highest BCUT2D eigenvalue weighted by atomic mass is 79.9. The molecule has 1 aromatic rings. The Morgan fingerprint density at radius 1 is 1.53 bits per heavy atom. The molecule has 0 aromatic carbocycles. The molecule has 0 aliphatic heterocycles. The van der Waals surface area contributed by atoms with E-state index in [-0.39, 0.29) is 5.91 Å². The van der Waals surface area contributed by atoms with Crippen LogP contribution in [0.1, 0.15) is 36.4 Å². The van der Waals surface area contributed by atoms with Crippen molar-refractivity contribution in [3.63, 3.8) is 0 Å². The van der Waals surface area contributed by atoms with E-state index in [1.165, 1.54) is 11.3 Å². The highest BCUT2D eigenvalue weighted by molar-refractivity contribution is 9.10. The van der Waals surface area contributed by atoms with Gasteiger partial charge in [-0.3, -0.25) is 4.79 Å². The van der Waals surface area contributed by atoms with Crippen LogP contribution in [0.15, 0.2) is 15.9 Å². The first kappa shape index (κ1) is 12.7. The van der Waals surface area contributed by atoms with Gasteiger partial charge in [0.05, 0.1) is 0 Å². The van der Waals surface area contributed by atoms with E-state index >= 15 is 0 Å². The fourth-order valence-corrected chi connectivity index (χ4v) is 2.85. The average molecular weight is 290 g/mol. The maximum Gasteiger partial charge on any atom is 0.265 e. The molecule has 0 bridgehead atoms. The number of halogens is 1. The highest BCUT2D eigenvalue weighted by Crippen LogP contribution is 2.24. The lowest BCUT2D eigenvalue weighted by atomic mass is 10.3. The number of carbonyl (C=O) groups is 1. The molecule has 1 aromatic heterocycles. The quantitative estimate of drug-likeness (QED) is 0.808. The first-order chi connectivity index (χ1) is 7.20. The lowest BCUT2D eigenvalue weighted by Crippen LogP contribution is -2.31. The zero-order valence-electron chi connectivity index (χ0n) is 9.12. The van der Waals surface area contributed by atoms with Gasteiger partial charge in [-0.25, -0.2) is 0 Å². The van der Waals surface area contributed by atoms with Crippen molar-refractivity contribution in [2.75, 3.05) is 13.1 Å². The number of nitrogens with zero attached hydrogens (tertiary/aromatic N) is 1. The first-order valence-electron chi connectivity index (χ1n) is 5.23. The minimum Gasteiger partial charge on any atom is -0.338 e. The summed E-state index contributed by atoms with van der Waals surface area (Å²) in [5, 5.41) is 1.94. The molecule has 2 nitrogen and oxygen atoms in total. The summed E-state index contributed by atoms with van der Waals surface area (Å²) >= 11 is 4.89. The molecule has 84 valence electrons. The molecule has 1 rings (SSSR count). The Balaban J connectivity index is 2.69. The molecule has 0 fully saturated rings. The molecule has 0 N–H and O–H groups in total. The fourth-order valence-electron chi connectivity index (χ4n) is 1.34. The van der Waals surface area contributed by atoms with Gasteiger partial charge >= 0.3 is 0 Å². The summed E-state index contributed by atoms with van der Waals surface area (Å²) < 4.78 is 0.910. The van der Waals surface area contributed by atoms with Crippen molar-refractivity contribution in [3.05, 3.63) is 20.8 Å². The smallest absolute Gasteiger partial charge is 0.265 e. The molecular formula is C11H16BrNOS. The Labute approximate surface area is 103 Å². The van der Waals surface area contributed by atoms with E-state index in [1.54, 1.807) is 0 Å². The maximum absolute atomic E-state index is 12.1. The normalized spacial score (nSPS) is 10.3. The van der Waals surface area contributed by atoms with Crippen LogP contribution in [-0.4, -0.2) is 23.9 Å². The van der Waals surface area contributed by atoms with Crippen molar-refractivity contribution in [2.45, 2.75) is 26.7 Å². The third kappa shape index (κ3) is 3.31. The van der Waals surface area contributed by atoms with Crippen molar-refractivity contribution in [3.8, 4) is 0 Å². The second kappa shape index (κ2) is 6.28. The number of thiophene rings is 1. The van der Waals surface area contributed by atoms with E-state index in [0.29, 0.717) is 0 Å². The molecule has 0 saturated carbocycles. The Morgan fingerprint density at radius 2 is 2.27 bits per heavy atom. The summed E-state index contributed by atoms with van der Waals surface area (Å²) in [6.45, 7) is 5.80. The summed E-state index contributed by atoms with van der Waals surface area (Å²) in [6.07, 6.45) is 2.19. The molecule has 0 aliphatic carbocycles. The van der Waals surface area contributed by atoms with Crippen molar-refractivity contribution >= 4 is 33.2 Å². The van der Waals surface area contributed by atoms with Crippen molar-refractivity contribution in [1.29, 1.82) is 0 Å². The van der Waals surface area contributed by atoms with Gasteiger partial charge in [0, 0.05) is 17.6 Å². The van der Waals surface area contributed by atoms with Gasteiger partial charge in [-0.05, 0) is 40.7 Å². The van der Waals surface area contributed by atoms with Gasteiger partial charge in [-0.2, -0.15) is 0 Å². The number of carbonyl (C=O) groups excluding carboxylic acids is 1. The maximum atomic E-state index is 12.1. The average Bonchev–Trinajstić information content (AvgIpc) is 2.65. The first-order valence-corrected chi connectivity index (χ1v) is 6.90. The molecular weight excluding hydrogens is 274 g/mol. The van der Waals surface area contributed by atoms with Crippen LogP contribution in [-0.2, 0) is 0 Å². The number of hydrogen-bond acceptors (Lipinski definition) is 2. The molecule has 0 spiro atoms. The Bertz CT molecular complexity index is 324.